The van der Waals surface area contributed by atoms with Gasteiger partial charge < -0.3 is 5.32 Å². The first kappa shape index (κ1) is 17.5. The van der Waals surface area contributed by atoms with Crippen molar-refractivity contribution in [3.8, 4) is 0 Å². The Morgan fingerprint density at radius 3 is 2.70 bits per heavy atom. The average molecular weight is 320 g/mol. The topological polar surface area (TPSA) is 74.3 Å². The summed E-state index contributed by atoms with van der Waals surface area (Å²) in [4.78, 5) is 4.18. The van der Waals surface area contributed by atoms with E-state index < -0.39 is 15.7 Å². The lowest BCUT2D eigenvalue weighted by Gasteiger charge is -2.27. The van der Waals surface area contributed by atoms with Crippen LogP contribution in [-0.4, -0.2) is 44.4 Å². The molecule has 6 nitrogen and oxygen atoms in total. The molecule has 8 heteroatoms. The van der Waals surface area contributed by atoms with Crippen LogP contribution in [0.25, 0.3) is 0 Å². The van der Waals surface area contributed by atoms with E-state index in [0.717, 1.165) is 24.5 Å². The van der Waals surface area contributed by atoms with E-state index in [1.165, 1.54) is 15.6 Å². The van der Waals surface area contributed by atoms with Crippen molar-refractivity contribution in [1.29, 1.82) is 0 Å². The van der Waals surface area contributed by atoms with Gasteiger partial charge in [-0.15, -0.1) is 11.3 Å². The van der Waals surface area contributed by atoms with Crippen molar-refractivity contribution in [2.45, 2.75) is 32.7 Å². The first-order valence-corrected chi connectivity index (χ1v) is 8.97. The molecule has 0 aliphatic heterocycles. The first-order valence-electron chi connectivity index (χ1n) is 6.65. The van der Waals surface area contributed by atoms with Crippen molar-refractivity contribution in [1.82, 2.24) is 19.3 Å². The van der Waals surface area contributed by atoms with Gasteiger partial charge in [-0.3, -0.25) is 0 Å². The molecule has 0 atom stereocenters. The van der Waals surface area contributed by atoms with Crippen LogP contribution in [-0.2, 0) is 15.7 Å². The van der Waals surface area contributed by atoms with Crippen molar-refractivity contribution in [3.05, 3.63) is 16.6 Å². The van der Waals surface area contributed by atoms with Crippen LogP contribution in [0, 0.1) is 0 Å². The number of hydrogen-bond donors (Lipinski definition) is 2. The standard InChI is InChI=1S/C12H24N4O2S2/c1-5-13-7-6-9-16(4)20(17,18)15-12(2,3)11-14-8-10-19-11/h8,10,13,15H,5-7,9H2,1-4H3. The molecule has 0 unspecified atom stereocenters. The summed E-state index contributed by atoms with van der Waals surface area (Å²) < 4.78 is 28.6. The molecule has 0 fully saturated rings. The normalized spacial score (nSPS) is 13.1. The van der Waals surface area contributed by atoms with E-state index in [-0.39, 0.29) is 0 Å². The molecule has 0 radical (unpaired) electrons. The van der Waals surface area contributed by atoms with Gasteiger partial charge >= 0.3 is 0 Å². The van der Waals surface area contributed by atoms with Gasteiger partial charge in [0, 0.05) is 25.2 Å². The molecule has 1 aromatic rings. The zero-order chi connectivity index (χ0) is 15.2. The summed E-state index contributed by atoms with van der Waals surface area (Å²) in [6.45, 7) is 7.85. The van der Waals surface area contributed by atoms with E-state index in [1.54, 1.807) is 13.2 Å². The Hall–Kier alpha value is -0.540. The highest BCUT2D eigenvalue weighted by molar-refractivity contribution is 7.87. The predicted molar refractivity (Wildman–Crippen MR) is 83.0 cm³/mol. The third-order valence-corrected chi connectivity index (χ3v) is 5.71. The van der Waals surface area contributed by atoms with Gasteiger partial charge in [0.05, 0.1) is 5.54 Å². The highest BCUT2D eigenvalue weighted by atomic mass is 32.2. The Bertz CT molecular complexity index is 486. The minimum atomic E-state index is -3.51. The van der Waals surface area contributed by atoms with Gasteiger partial charge in [0.15, 0.2) is 0 Å². The number of aromatic nitrogens is 1. The highest BCUT2D eigenvalue weighted by Gasteiger charge is 2.31. The Morgan fingerprint density at radius 2 is 2.15 bits per heavy atom. The zero-order valence-electron chi connectivity index (χ0n) is 12.5. The Balaban J connectivity index is 2.60. The molecule has 2 N–H and O–H groups in total. The van der Waals surface area contributed by atoms with Gasteiger partial charge in [0.1, 0.15) is 5.01 Å². The molecule has 1 rings (SSSR count). The SMILES string of the molecule is CCNCCCN(C)S(=O)(=O)NC(C)(C)c1nccs1. The van der Waals surface area contributed by atoms with Gasteiger partial charge in [0.2, 0.25) is 0 Å². The second-order valence-electron chi connectivity index (χ2n) is 5.10. The van der Waals surface area contributed by atoms with Crippen molar-refractivity contribution in [2.75, 3.05) is 26.7 Å². The predicted octanol–water partition coefficient (Wildman–Crippen LogP) is 1.14. The molecule has 116 valence electrons. The number of nitrogens with one attached hydrogen (secondary N) is 2. The monoisotopic (exact) mass is 320 g/mol. The molecule has 1 heterocycles. The Labute approximate surface area is 125 Å². The largest absolute Gasteiger partial charge is 0.317 e. The van der Waals surface area contributed by atoms with Gasteiger partial charge in [0.25, 0.3) is 10.2 Å². The lowest BCUT2D eigenvalue weighted by molar-refractivity contribution is 0.408. The summed E-state index contributed by atoms with van der Waals surface area (Å²) in [5.74, 6) is 0. The van der Waals surface area contributed by atoms with E-state index in [2.05, 4.69) is 15.0 Å². The van der Waals surface area contributed by atoms with Gasteiger partial charge in [-0.25, -0.2) is 4.98 Å². The van der Waals surface area contributed by atoms with Crippen LogP contribution in [0.1, 0.15) is 32.2 Å². The summed E-state index contributed by atoms with van der Waals surface area (Å²) in [5.41, 5.74) is -0.705. The first-order chi connectivity index (χ1) is 9.29. The quantitative estimate of drug-likeness (QED) is 0.669. The van der Waals surface area contributed by atoms with Gasteiger partial charge in [-0.05, 0) is 33.4 Å². The number of rotatable bonds is 9. The fourth-order valence-electron chi connectivity index (χ4n) is 1.70. The van der Waals surface area contributed by atoms with Crippen molar-refractivity contribution in [2.24, 2.45) is 0 Å². The molecule has 0 aliphatic carbocycles. The molecule has 20 heavy (non-hydrogen) atoms. The number of thiazole rings is 1. The maximum atomic E-state index is 12.3. The molecule has 0 saturated carbocycles. The van der Waals surface area contributed by atoms with Crippen molar-refractivity contribution >= 4 is 21.5 Å². The van der Waals surface area contributed by atoms with Gasteiger partial charge in [-0.2, -0.15) is 17.4 Å². The molecule has 0 bridgehead atoms. The fraction of sp³-hybridized carbons (Fsp3) is 0.750. The van der Waals surface area contributed by atoms with Crippen LogP contribution >= 0.6 is 11.3 Å². The smallest absolute Gasteiger partial charge is 0.280 e. The van der Waals surface area contributed by atoms with Crippen LogP contribution in [0.3, 0.4) is 0 Å². The molecular formula is C12H24N4O2S2. The second kappa shape index (κ2) is 7.46. The summed E-state index contributed by atoms with van der Waals surface area (Å²) in [7, 11) is -1.92. The van der Waals surface area contributed by atoms with E-state index >= 15 is 0 Å². The van der Waals surface area contributed by atoms with E-state index in [9.17, 15) is 8.42 Å². The maximum Gasteiger partial charge on any atom is 0.280 e. The third-order valence-electron chi connectivity index (χ3n) is 2.84. The molecule has 0 aromatic carbocycles. The van der Waals surface area contributed by atoms with E-state index in [1.807, 2.05) is 26.2 Å². The summed E-state index contributed by atoms with van der Waals surface area (Å²) >= 11 is 1.44. The maximum absolute atomic E-state index is 12.3. The summed E-state index contributed by atoms with van der Waals surface area (Å²) in [5, 5.41) is 5.77. The van der Waals surface area contributed by atoms with Crippen LogP contribution in [0.5, 0.6) is 0 Å². The minimum Gasteiger partial charge on any atom is -0.317 e. The zero-order valence-corrected chi connectivity index (χ0v) is 14.1. The van der Waals surface area contributed by atoms with Gasteiger partial charge in [-0.1, -0.05) is 6.92 Å². The average Bonchev–Trinajstić information content (AvgIpc) is 2.87. The number of nitrogens with zero attached hydrogens (tertiary/aromatic N) is 2. The van der Waals surface area contributed by atoms with E-state index in [0.29, 0.717) is 6.54 Å². The van der Waals surface area contributed by atoms with E-state index in [4.69, 9.17) is 0 Å². The molecular weight excluding hydrogens is 296 g/mol. The summed E-state index contributed by atoms with van der Waals surface area (Å²) in [6.07, 6.45) is 2.46. The molecule has 0 aliphatic rings. The number of hydrogen-bond acceptors (Lipinski definition) is 5. The Morgan fingerprint density at radius 1 is 1.45 bits per heavy atom. The lowest BCUT2D eigenvalue weighted by atomic mass is 10.1. The van der Waals surface area contributed by atoms with Crippen molar-refractivity contribution < 1.29 is 8.42 Å². The fourth-order valence-corrected chi connectivity index (χ4v) is 3.75. The van der Waals surface area contributed by atoms with Crippen LogP contribution < -0.4 is 10.0 Å². The lowest BCUT2D eigenvalue weighted by Crippen LogP contribution is -2.48. The van der Waals surface area contributed by atoms with Crippen molar-refractivity contribution in [3.63, 3.8) is 0 Å². The van der Waals surface area contributed by atoms with Crippen LogP contribution in [0.4, 0.5) is 0 Å². The minimum absolute atomic E-state index is 0.482. The molecule has 0 spiro atoms. The second-order valence-corrected chi connectivity index (χ2v) is 7.77. The third kappa shape index (κ3) is 5.10. The molecule has 0 saturated heterocycles. The summed E-state index contributed by atoms with van der Waals surface area (Å²) in [6, 6.07) is 0. The molecule has 0 amide bonds. The van der Waals surface area contributed by atoms with Crippen LogP contribution in [0.2, 0.25) is 0 Å². The highest BCUT2D eigenvalue weighted by Crippen LogP contribution is 2.23. The molecule has 1 aromatic heterocycles. The van der Waals surface area contributed by atoms with Crippen LogP contribution in [0.15, 0.2) is 11.6 Å². The Kier molecular flexibility index (Phi) is 6.53.